The van der Waals surface area contributed by atoms with Crippen molar-refractivity contribution in [2.24, 2.45) is 5.92 Å². The van der Waals surface area contributed by atoms with Crippen LogP contribution in [0.3, 0.4) is 0 Å². The van der Waals surface area contributed by atoms with Gasteiger partial charge >= 0.3 is 0 Å². The van der Waals surface area contributed by atoms with Crippen molar-refractivity contribution in [1.29, 1.82) is 0 Å². The van der Waals surface area contributed by atoms with Gasteiger partial charge in [0.1, 0.15) is 0 Å². The number of hydrogen-bond acceptors (Lipinski definition) is 8. The van der Waals surface area contributed by atoms with Crippen LogP contribution in [0.4, 0.5) is 5.82 Å². The standard InChI is InChI=1S/C14H23N3O5S/c1-10(22-23(4,18)19)11-5-7-17(8-6-11)13-9-12(20-2)14(21-3)16-15-13/h9-11H,5-8H2,1-4H3. The monoisotopic (exact) mass is 345 g/mol. The molecule has 0 saturated carbocycles. The van der Waals surface area contributed by atoms with Gasteiger partial charge in [-0.2, -0.15) is 8.42 Å². The Balaban J connectivity index is 1.99. The predicted octanol–water partition coefficient (Wildman–Crippen LogP) is 1.07. The van der Waals surface area contributed by atoms with Crippen molar-refractivity contribution in [1.82, 2.24) is 10.2 Å². The summed E-state index contributed by atoms with van der Waals surface area (Å²) >= 11 is 0. The third kappa shape index (κ3) is 4.68. The van der Waals surface area contributed by atoms with Crippen LogP contribution in [0, 0.1) is 5.92 Å². The average Bonchev–Trinajstić information content (AvgIpc) is 2.52. The van der Waals surface area contributed by atoms with Crippen LogP contribution in [0.1, 0.15) is 19.8 Å². The van der Waals surface area contributed by atoms with Crippen LogP contribution in [-0.4, -0.2) is 58.3 Å². The SMILES string of the molecule is COc1cc(N2CCC(C(C)OS(C)(=O)=O)CC2)nnc1OC. The van der Waals surface area contributed by atoms with Gasteiger partial charge in [-0.1, -0.05) is 0 Å². The van der Waals surface area contributed by atoms with Crippen molar-refractivity contribution in [3.05, 3.63) is 6.07 Å². The Labute approximate surface area is 136 Å². The zero-order chi connectivity index (χ0) is 17.0. The topological polar surface area (TPSA) is 90.9 Å². The average molecular weight is 345 g/mol. The number of nitrogens with zero attached hydrogens (tertiary/aromatic N) is 3. The summed E-state index contributed by atoms with van der Waals surface area (Å²) in [6.45, 7) is 3.32. The predicted molar refractivity (Wildman–Crippen MR) is 85.5 cm³/mol. The Hall–Kier alpha value is -1.61. The molecule has 23 heavy (non-hydrogen) atoms. The number of hydrogen-bond donors (Lipinski definition) is 0. The zero-order valence-electron chi connectivity index (χ0n) is 13.9. The van der Waals surface area contributed by atoms with E-state index in [9.17, 15) is 8.42 Å². The lowest BCUT2D eigenvalue weighted by Gasteiger charge is -2.34. The van der Waals surface area contributed by atoms with E-state index in [-0.39, 0.29) is 12.0 Å². The third-order valence-corrected chi connectivity index (χ3v) is 4.63. The molecule has 1 aromatic rings. The summed E-state index contributed by atoms with van der Waals surface area (Å²) in [5, 5.41) is 8.16. The van der Waals surface area contributed by atoms with E-state index in [0.29, 0.717) is 11.6 Å². The van der Waals surface area contributed by atoms with Gasteiger partial charge in [-0.05, 0) is 25.7 Å². The second-order valence-electron chi connectivity index (χ2n) is 5.61. The molecule has 1 fully saturated rings. The number of aromatic nitrogens is 2. The van der Waals surface area contributed by atoms with E-state index in [1.807, 2.05) is 0 Å². The smallest absolute Gasteiger partial charge is 0.276 e. The van der Waals surface area contributed by atoms with Gasteiger partial charge in [-0.15, -0.1) is 10.2 Å². The summed E-state index contributed by atoms with van der Waals surface area (Å²) in [4.78, 5) is 2.10. The molecule has 0 radical (unpaired) electrons. The molecular weight excluding hydrogens is 322 g/mol. The molecule has 1 aliphatic heterocycles. The maximum Gasteiger partial charge on any atom is 0.276 e. The molecule has 1 unspecified atom stereocenters. The first-order valence-electron chi connectivity index (χ1n) is 7.43. The summed E-state index contributed by atoms with van der Waals surface area (Å²) < 4.78 is 37.8. The van der Waals surface area contributed by atoms with Crippen LogP contribution in [-0.2, 0) is 14.3 Å². The summed E-state index contributed by atoms with van der Waals surface area (Å²) in [6, 6.07) is 1.79. The number of ether oxygens (including phenoxy) is 2. The van der Waals surface area contributed by atoms with Crippen LogP contribution in [0.2, 0.25) is 0 Å². The highest BCUT2D eigenvalue weighted by atomic mass is 32.2. The fourth-order valence-electron chi connectivity index (χ4n) is 2.75. The maximum atomic E-state index is 11.2. The molecule has 9 heteroatoms. The van der Waals surface area contributed by atoms with Gasteiger partial charge in [-0.25, -0.2) is 0 Å². The van der Waals surface area contributed by atoms with E-state index < -0.39 is 10.1 Å². The molecule has 130 valence electrons. The van der Waals surface area contributed by atoms with E-state index in [2.05, 4.69) is 15.1 Å². The first-order valence-corrected chi connectivity index (χ1v) is 9.24. The Morgan fingerprint density at radius 2 is 1.87 bits per heavy atom. The van der Waals surface area contributed by atoms with E-state index in [1.165, 1.54) is 7.11 Å². The summed E-state index contributed by atoms with van der Waals surface area (Å²) in [5.74, 6) is 1.81. The van der Waals surface area contributed by atoms with E-state index >= 15 is 0 Å². The van der Waals surface area contributed by atoms with Gasteiger partial charge in [0, 0.05) is 19.2 Å². The molecular formula is C14H23N3O5S. The lowest BCUT2D eigenvalue weighted by Crippen LogP contribution is -2.38. The second kappa shape index (κ2) is 7.31. The normalized spacial score (nSPS) is 17.8. The van der Waals surface area contributed by atoms with Crippen molar-refractivity contribution in [2.75, 3.05) is 38.5 Å². The lowest BCUT2D eigenvalue weighted by molar-refractivity contribution is 0.141. The fraction of sp³-hybridized carbons (Fsp3) is 0.714. The van der Waals surface area contributed by atoms with Crippen LogP contribution in [0.15, 0.2) is 6.07 Å². The van der Waals surface area contributed by atoms with Gasteiger partial charge in [0.05, 0.1) is 26.6 Å². The first kappa shape index (κ1) is 17.7. The van der Waals surface area contributed by atoms with Gasteiger partial charge < -0.3 is 14.4 Å². The number of methoxy groups -OCH3 is 2. The van der Waals surface area contributed by atoms with Crippen molar-refractivity contribution in [3.63, 3.8) is 0 Å². The Morgan fingerprint density at radius 3 is 2.39 bits per heavy atom. The van der Waals surface area contributed by atoms with Gasteiger partial charge in [0.25, 0.3) is 16.0 Å². The molecule has 1 aliphatic rings. The molecule has 1 saturated heterocycles. The van der Waals surface area contributed by atoms with Crippen molar-refractivity contribution in [3.8, 4) is 11.6 Å². The van der Waals surface area contributed by atoms with E-state index in [0.717, 1.165) is 38.0 Å². The minimum atomic E-state index is -3.42. The van der Waals surface area contributed by atoms with Crippen molar-refractivity contribution >= 4 is 15.9 Å². The summed E-state index contributed by atoms with van der Waals surface area (Å²) in [7, 11) is -0.351. The molecule has 1 aromatic heterocycles. The van der Waals surface area contributed by atoms with Gasteiger partial charge in [0.15, 0.2) is 11.6 Å². The first-order chi connectivity index (χ1) is 10.8. The molecule has 0 aliphatic carbocycles. The summed E-state index contributed by atoms with van der Waals surface area (Å²) in [6.07, 6.45) is 2.42. The molecule has 2 rings (SSSR count). The molecule has 0 bridgehead atoms. The van der Waals surface area contributed by atoms with Crippen molar-refractivity contribution < 1.29 is 22.1 Å². The summed E-state index contributed by atoms with van der Waals surface area (Å²) in [5.41, 5.74) is 0. The van der Waals surface area contributed by atoms with Crippen molar-refractivity contribution in [2.45, 2.75) is 25.9 Å². The molecule has 0 N–H and O–H groups in total. The molecule has 1 atom stereocenters. The Bertz CT molecular complexity index is 629. The van der Waals surface area contributed by atoms with Crippen LogP contribution < -0.4 is 14.4 Å². The van der Waals surface area contributed by atoms with Crippen LogP contribution in [0.25, 0.3) is 0 Å². The number of piperidine rings is 1. The molecule has 0 spiro atoms. The Morgan fingerprint density at radius 1 is 1.22 bits per heavy atom. The number of rotatable bonds is 6. The zero-order valence-corrected chi connectivity index (χ0v) is 14.7. The highest BCUT2D eigenvalue weighted by Crippen LogP contribution is 2.30. The third-order valence-electron chi connectivity index (χ3n) is 3.98. The van der Waals surface area contributed by atoms with Crippen LogP contribution in [0.5, 0.6) is 11.6 Å². The highest BCUT2D eigenvalue weighted by molar-refractivity contribution is 7.86. The van der Waals surface area contributed by atoms with E-state index in [1.54, 1.807) is 20.1 Å². The minimum absolute atomic E-state index is 0.203. The van der Waals surface area contributed by atoms with Gasteiger partial charge in [-0.3, -0.25) is 4.18 Å². The quantitative estimate of drug-likeness (QED) is 0.707. The van der Waals surface area contributed by atoms with Crippen LogP contribution >= 0.6 is 0 Å². The molecule has 2 heterocycles. The van der Waals surface area contributed by atoms with Gasteiger partial charge in [0.2, 0.25) is 0 Å². The highest BCUT2D eigenvalue weighted by Gasteiger charge is 2.27. The maximum absolute atomic E-state index is 11.2. The second-order valence-corrected chi connectivity index (χ2v) is 7.21. The molecule has 0 aromatic carbocycles. The largest absolute Gasteiger partial charge is 0.491 e. The Kier molecular flexibility index (Phi) is 5.64. The molecule has 0 amide bonds. The lowest BCUT2D eigenvalue weighted by atomic mass is 9.92. The fourth-order valence-corrected chi connectivity index (χ4v) is 3.46. The minimum Gasteiger partial charge on any atom is -0.491 e. The van der Waals surface area contributed by atoms with E-state index in [4.69, 9.17) is 13.7 Å². The molecule has 8 nitrogen and oxygen atoms in total. The number of anilines is 1.